The lowest BCUT2D eigenvalue weighted by Crippen LogP contribution is -2.15. The van der Waals surface area contributed by atoms with Gasteiger partial charge in [-0.2, -0.15) is 5.10 Å². The van der Waals surface area contributed by atoms with E-state index in [0.717, 1.165) is 6.20 Å². The van der Waals surface area contributed by atoms with Crippen molar-refractivity contribution in [2.75, 3.05) is 11.8 Å². The highest BCUT2D eigenvalue weighted by atomic mass is 32.2. The molecular formula is C15H15N5O4S. The molecule has 0 atom stereocenters. The number of methoxy groups -OCH3 is 1. The molecule has 0 aromatic carbocycles. The summed E-state index contributed by atoms with van der Waals surface area (Å²) in [6.45, 7) is 1.36. The van der Waals surface area contributed by atoms with Gasteiger partial charge in [-0.1, -0.05) is 0 Å². The number of Topliss-reactive ketones (excluding diaryl/α,β-unsaturated/α-hetero) is 1. The molecule has 0 spiro atoms. The molecule has 9 nitrogen and oxygen atoms in total. The highest BCUT2D eigenvalue weighted by molar-refractivity contribution is 7.92. The Kier molecular flexibility index (Phi) is 4.13. The van der Waals surface area contributed by atoms with E-state index in [1.165, 1.54) is 30.8 Å². The highest BCUT2D eigenvalue weighted by Crippen LogP contribution is 2.32. The Hall–Kier alpha value is -3.01. The van der Waals surface area contributed by atoms with Crippen molar-refractivity contribution in [1.29, 1.82) is 0 Å². The van der Waals surface area contributed by atoms with E-state index in [9.17, 15) is 13.2 Å². The maximum atomic E-state index is 12.7. The fraction of sp³-hybridized carbons (Fsp3) is 0.200. The zero-order valence-corrected chi connectivity index (χ0v) is 14.5. The van der Waals surface area contributed by atoms with Crippen LogP contribution in [0.4, 0.5) is 5.69 Å². The molecule has 0 radical (unpaired) electrons. The summed E-state index contributed by atoms with van der Waals surface area (Å²) < 4.78 is 34.5. The molecule has 0 amide bonds. The number of aryl methyl sites for hydroxylation is 1. The second kappa shape index (κ2) is 6.13. The van der Waals surface area contributed by atoms with Crippen LogP contribution in [0.15, 0.2) is 35.6 Å². The quantitative estimate of drug-likeness (QED) is 0.682. The van der Waals surface area contributed by atoms with Crippen LogP contribution in [0.1, 0.15) is 17.4 Å². The summed E-state index contributed by atoms with van der Waals surface area (Å²) in [5, 5.41) is 4.76. The molecule has 1 N–H and O–H groups in total. The number of fused-ring (bicyclic) bond motifs is 1. The fourth-order valence-corrected chi connectivity index (χ4v) is 3.35. The first-order chi connectivity index (χ1) is 11.8. The molecule has 0 unspecified atom stereocenters. The Morgan fingerprint density at radius 1 is 1.20 bits per heavy atom. The van der Waals surface area contributed by atoms with E-state index in [0.29, 0.717) is 10.9 Å². The average molecular weight is 361 g/mol. The van der Waals surface area contributed by atoms with Crippen LogP contribution >= 0.6 is 0 Å². The normalized spacial score (nSPS) is 11.5. The van der Waals surface area contributed by atoms with Gasteiger partial charge in [0, 0.05) is 31.8 Å². The number of pyridine rings is 2. The molecule has 3 aromatic rings. The molecule has 25 heavy (non-hydrogen) atoms. The highest BCUT2D eigenvalue weighted by Gasteiger charge is 2.22. The van der Waals surface area contributed by atoms with Gasteiger partial charge in [0.25, 0.3) is 10.0 Å². The Morgan fingerprint density at radius 3 is 2.56 bits per heavy atom. The molecule has 130 valence electrons. The maximum absolute atomic E-state index is 12.7. The van der Waals surface area contributed by atoms with Gasteiger partial charge in [0.2, 0.25) is 5.88 Å². The average Bonchev–Trinajstić information content (AvgIpc) is 2.96. The van der Waals surface area contributed by atoms with Crippen LogP contribution in [0.3, 0.4) is 0 Å². The van der Waals surface area contributed by atoms with Crippen LogP contribution in [0.5, 0.6) is 5.88 Å². The van der Waals surface area contributed by atoms with Gasteiger partial charge in [-0.05, 0) is 12.1 Å². The molecular weight excluding hydrogens is 346 g/mol. The number of carbonyl (C=O) groups is 1. The number of nitrogens with zero attached hydrogens (tertiary/aromatic N) is 4. The summed E-state index contributed by atoms with van der Waals surface area (Å²) in [4.78, 5) is 19.1. The lowest BCUT2D eigenvalue weighted by molar-refractivity contribution is 0.101. The van der Waals surface area contributed by atoms with E-state index in [1.54, 1.807) is 19.4 Å². The number of hydrogen-bond donors (Lipinski definition) is 1. The molecule has 3 rings (SSSR count). The van der Waals surface area contributed by atoms with Crippen molar-refractivity contribution in [3.05, 3.63) is 36.4 Å². The number of anilines is 1. The first-order valence-corrected chi connectivity index (χ1v) is 8.66. The summed E-state index contributed by atoms with van der Waals surface area (Å²) in [5.41, 5.74) is 0.895. The number of rotatable bonds is 5. The minimum Gasteiger partial charge on any atom is -0.479 e. The van der Waals surface area contributed by atoms with Crippen molar-refractivity contribution >= 4 is 32.4 Å². The summed E-state index contributed by atoms with van der Waals surface area (Å²) in [5.74, 6) is -0.129. The van der Waals surface area contributed by atoms with Crippen LogP contribution in [0, 0.1) is 0 Å². The smallest absolute Gasteiger partial charge is 0.263 e. The standard InChI is InChI=1S/C15H15N5O4S/c1-9(21)12-5-4-11(8-16-12)25(22,23)19-13-14-10(7-18-20(14)2)6-17-15(13)24-3/h4-8,19H,1-3H3. The van der Waals surface area contributed by atoms with Gasteiger partial charge in [-0.25, -0.2) is 13.4 Å². The summed E-state index contributed by atoms with van der Waals surface area (Å²) in [6, 6.07) is 2.67. The van der Waals surface area contributed by atoms with E-state index in [2.05, 4.69) is 19.8 Å². The lowest BCUT2D eigenvalue weighted by Gasteiger charge is -2.12. The molecule has 3 aromatic heterocycles. The van der Waals surface area contributed by atoms with Gasteiger partial charge in [-0.3, -0.25) is 19.2 Å². The summed E-state index contributed by atoms with van der Waals surface area (Å²) >= 11 is 0. The molecule has 0 saturated carbocycles. The monoisotopic (exact) mass is 361 g/mol. The first-order valence-electron chi connectivity index (χ1n) is 7.18. The van der Waals surface area contributed by atoms with Crippen LogP contribution in [0.2, 0.25) is 0 Å². The van der Waals surface area contributed by atoms with Gasteiger partial charge in [0.1, 0.15) is 16.3 Å². The van der Waals surface area contributed by atoms with E-state index in [-0.39, 0.29) is 27.9 Å². The first kappa shape index (κ1) is 16.8. The summed E-state index contributed by atoms with van der Waals surface area (Å²) in [6.07, 6.45) is 4.24. The van der Waals surface area contributed by atoms with Gasteiger partial charge >= 0.3 is 0 Å². The maximum Gasteiger partial charge on any atom is 0.263 e. The number of carbonyl (C=O) groups excluding carboxylic acids is 1. The second-order valence-corrected chi connectivity index (χ2v) is 6.94. The molecule has 0 bridgehead atoms. The third kappa shape index (κ3) is 3.03. The topological polar surface area (TPSA) is 116 Å². The minimum atomic E-state index is -3.96. The van der Waals surface area contributed by atoms with Crippen molar-refractivity contribution in [1.82, 2.24) is 19.7 Å². The molecule has 0 aliphatic rings. The predicted octanol–water partition coefficient (Wildman–Crippen LogP) is 1.38. The van der Waals surface area contributed by atoms with Crippen molar-refractivity contribution in [2.45, 2.75) is 11.8 Å². The van der Waals surface area contributed by atoms with Crippen LogP contribution in [-0.4, -0.2) is 41.1 Å². The zero-order valence-electron chi connectivity index (χ0n) is 13.7. The molecule has 10 heteroatoms. The Bertz CT molecular complexity index is 1060. The van der Waals surface area contributed by atoms with Gasteiger partial charge in [0.15, 0.2) is 5.78 Å². The van der Waals surface area contributed by atoms with Crippen LogP contribution in [-0.2, 0) is 17.1 Å². The minimum absolute atomic E-state index is 0.0845. The summed E-state index contributed by atoms with van der Waals surface area (Å²) in [7, 11) is -0.882. The van der Waals surface area contributed by atoms with E-state index >= 15 is 0 Å². The molecule has 0 aliphatic heterocycles. The molecule has 0 fully saturated rings. The van der Waals surface area contributed by atoms with E-state index in [4.69, 9.17) is 4.74 Å². The van der Waals surface area contributed by atoms with Crippen molar-refractivity contribution in [2.24, 2.45) is 7.05 Å². The Balaban J connectivity index is 2.08. The zero-order chi connectivity index (χ0) is 18.2. The fourth-order valence-electron chi connectivity index (χ4n) is 2.34. The lowest BCUT2D eigenvalue weighted by atomic mass is 10.3. The number of ketones is 1. The number of ether oxygens (including phenoxy) is 1. The van der Waals surface area contributed by atoms with Crippen molar-refractivity contribution in [3.63, 3.8) is 0 Å². The number of sulfonamides is 1. The number of nitrogens with one attached hydrogen (secondary N) is 1. The third-order valence-corrected chi connectivity index (χ3v) is 4.91. The Morgan fingerprint density at radius 2 is 1.96 bits per heavy atom. The molecule has 0 aliphatic carbocycles. The SMILES string of the molecule is COc1ncc2cnn(C)c2c1NS(=O)(=O)c1ccc(C(C)=O)nc1. The van der Waals surface area contributed by atoms with Gasteiger partial charge in [0.05, 0.1) is 18.8 Å². The van der Waals surface area contributed by atoms with Gasteiger partial charge < -0.3 is 4.74 Å². The van der Waals surface area contributed by atoms with Gasteiger partial charge in [-0.15, -0.1) is 0 Å². The van der Waals surface area contributed by atoms with E-state index < -0.39 is 10.0 Å². The third-order valence-electron chi connectivity index (χ3n) is 3.58. The number of hydrogen-bond acceptors (Lipinski definition) is 7. The van der Waals surface area contributed by atoms with Crippen LogP contribution < -0.4 is 9.46 Å². The molecule has 0 saturated heterocycles. The van der Waals surface area contributed by atoms with Crippen molar-refractivity contribution in [3.8, 4) is 5.88 Å². The molecule has 3 heterocycles. The second-order valence-electron chi connectivity index (χ2n) is 5.26. The van der Waals surface area contributed by atoms with Crippen molar-refractivity contribution < 1.29 is 17.9 Å². The van der Waals surface area contributed by atoms with Crippen LogP contribution in [0.25, 0.3) is 10.9 Å². The number of aromatic nitrogens is 4. The van der Waals surface area contributed by atoms with E-state index in [1.807, 2.05) is 0 Å². The largest absolute Gasteiger partial charge is 0.479 e. The Labute approximate surface area is 143 Å². The predicted molar refractivity (Wildman–Crippen MR) is 90.1 cm³/mol.